The Kier molecular flexibility index (Phi) is 5.62. The van der Waals surface area contributed by atoms with E-state index in [0.29, 0.717) is 31.1 Å². The molecule has 9 heteroatoms. The van der Waals surface area contributed by atoms with Crippen LogP contribution in [0.5, 0.6) is 0 Å². The van der Waals surface area contributed by atoms with E-state index in [2.05, 4.69) is 10.1 Å². The number of anilines is 1. The molecule has 0 spiro atoms. The summed E-state index contributed by atoms with van der Waals surface area (Å²) in [5, 5.41) is 4.24. The molecule has 1 aliphatic heterocycles. The van der Waals surface area contributed by atoms with Gasteiger partial charge in [0.2, 0.25) is 0 Å². The standard InChI is InChI=1S/C19H24F3N5O/c1-13-10-16(24-26(13)3)18(28)27-8-5-14(6-9-27)12-25(2)17-11-15(4-7-23-17)19(20,21)22/h4,7,10-11,14H,5-6,8-9,12H2,1-3H3. The third-order valence-electron chi connectivity index (χ3n) is 5.23. The van der Waals surface area contributed by atoms with Gasteiger partial charge in [-0.2, -0.15) is 18.3 Å². The van der Waals surface area contributed by atoms with Gasteiger partial charge in [-0.25, -0.2) is 4.98 Å². The monoisotopic (exact) mass is 395 g/mol. The fraction of sp³-hybridized carbons (Fsp3) is 0.526. The number of aryl methyl sites for hydroxylation is 2. The lowest BCUT2D eigenvalue weighted by molar-refractivity contribution is -0.137. The van der Waals surface area contributed by atoms with E-state index in [4.69, 9.17) is 0 Å². The number of carbonyl (C=O) groups is 1. The van der Waals surface area contributed by atoms with Crippen molar-refractivity contribution in [3.05, 3.63) is 41.3 Å². The second-order valence-electron chi connectivity index (χ2n) is 7.31. The Bertz CT molecular complexity index is 821. The van der Waals surface area contributed by atoms with E-state index in [1.54, 1.807) is 34.6 Å². The number of piperidine rings is 1. The highest BCUT2D eigenvalue weighted by atomic mass is 19.4. The van der Waals surface area contributed by atoms with Crippen LogP contribution in [0.25, 0.3) is 0 Å². The molecule has 1 saturated heterocycles. The number of hydrogen-bond acceptors (Lipinski definition) is 4. The van der Waals surface area contributed by atoms with E-state index in [0.717, 1.165) is 30.7 Å². The summed E-state index contributed by atoms with van der Waals surface area (Å²) in [6.45, 7) is 3.72. The highest BCUT2D eigenvalue weighted by molar-refractivity contribution is 5.92. The number of hydrogen-bond donors (Lipinski definition) is 0. The smallest absolute Gasteiger partial charge is 0.359 e. The predicted octanol–water partition coefficient (Wildman–Crippen LogP) is 3.13. The van der Waals surface area contributed by atoms with E-state index < -0.39 is 11.7 Å². The lowest BCUT2D eigenvalue weighted by Crippen LogP contribution is -2.41. The Balaban J connectivity index is 1.56. The molecule has 1 amide bonds. The van der Waals surface area contributed by atoms with Crippen LogP contribution in [0.3, 0.4) is 0 Å². The number of alkyl halides is 3. The zero-order chi connectivity index (χ0) is 20.5. The topological polar surface area (TPSA) is 54.3 Å². The largest absolute Gasteiger partial charge is 0.416 e. The average Bonchev–Trinajstić information content (AvgIpc) is 3.00. The van der Waals surface area contributed by atoms with Crippen molar-refractivity contribution in [2.75, 3.05) is 31.6 Å². The second kappa shape index (κ2) is 7.81. The van der Waals surface area contributed by atoms with Crippen molar-refractivity contribution < 1.29 is 18.0 Å². The molecular weight excluding hydrogens is 371 g/mol. The Labute approximate surface area is 162 Å². The lowest BCUT2D eigenvalue weighted by atomic mass is 9.96. The molecule has 0 aliphatic carbocycles. The Morgan fingerprint density at radius 3 is 2.54 bits per heavy atom. The lowest BCUT2D eigenvalue weighted by Gasteiger charge is -2.34. The minimum atomic E-state index is -4.38. The minimum absolute atomic E-state index is 0.0740. The number of rotatable bonds is 4. The van der Waals surface area contributed by atoms with Crippen molar-refractivity contribution in [3.63, 3.8) is 0 Å². The first kappa shape index (κ1) is 20.2. The highest BCUT2D eigenvalue weighted by Crippen LogP contribution is 2.31. The highest BCUT2D eigenvalue weighted by Gasteiger charge is 2.31. The third-order valence-corrected chi connectivity index (χ3v) is 5.23. The molecule has 0 saturated carbocycles. The summed E-state index contributed by atoms with van der Waals surface area (Å²) in [7, 11) is 3.55. The minimum Gasteiger partial charge on any atom is -0.359 e. The van der Waals surface area contributed by atoms with Crippen LogP contribution in [0.15, 0.2) is 24.4 Å². The molecule has 0 aromatic carbocycles. The number of amides is 1. The number of halogens is 3. The SMILES string of the molecule is Cc1cc(C(=O)N2CCC(CN(C)c3cc(C(F)(F)F)ccn3)CC2)nn1C. The molecule has 0 N–H and O–H groups in total. The van der Waals surface area contributed by atoms with Gasteiger partial charge in [-0.3, -0.25) is 9.48 Å². The molecule has 0 bridgehead atoms. The number of carbonyl (C=O) groups excluding carboxylic acids is 1. The summed E-state index contributed by atoms with van der Waals surface area (Å²) in [5.74, 6) is 0.517. The fourth-order valence-corrected chi connectivity index (χ4v) is 3.43. The first-order valence-electron chi connectivity index (χ1n) is 9.19. The molecule has 0 unspecified atom stereocenters. The molecule has 28 heavy (non-hydrogen) atoms. The van der Waals surface area contributed by atoms with Gasteiger partial charge in [0.1, 0.15) is 5.82 Å². The first-order chi connectivity index (χ1) is 13.1. The summed E-state index contributed by atoms with van der Waals surface area (Å²) in [4.78, 5) is 20.2. The maximum absolute atomic E-state index is 12.9. The van der Waals surface area contributed by atoms with Gasteiger partial charge in [-0.05, 0) is 43.9 Å². The van der Waals surface area contributed by atoms with Gasteiger partial charge in [-0.1, -0.05) is 0 Å². The maximum Gasteiger partial charge on any atom is 0.416 e. The van der Waals surface area contributed by atoms with E-state index in [1.165, 1.54) is 6.20 Å². The van der Waals surface area contributed by atoms with Gasteiger partial charge in [0.05, 0.1) is 5.56 Å². The molecule has 1 aliphatic rings. The van der Waals surface area contributed by atoms with E-state index in [9.17, 15) is 18.0 Å². The Morgan fingerprint density at radius 2 is 1.96 bits per heavy atom. The van der Waals surface area contributed by atoms with Gasteiger partial charge in [0.25, 0.3) is 5.91 Å². The van der Waals surface area contributed by atoms with Crippen LogP contribution in [0, 0.1) is 12.8 Å². The Morgan fingerprint density at radius 1 is 1.29 bits per heavy atom. The summed E-state index contributed by atoms with van der Waals surface area (Å²) in [6, 6.07) is 3.82. The molecule has 0 atom stereocenters. The molecule has 0 radical (unpaired) electrons. The van der Waals surface area contributed by atoms with Gasteiger partial charge in [0, 0.05) is 45.6 Å². The van der Waals surface area contributed by atoms with Gasteiger partial charge in [-0.15, -0.1) is 0 Å². The van der Waals surface area contributed by atoms with Crippen LogP contribution in [0.1, 0.15) is 34.6 Å². The summed E-state index contributed by atoms with van der Waals surface area (Å²) in [6.07, 6.45) is -1.61. The van der Waals surface area contributed by atoms with Crippen molar-refractivity contribution in [3.8, 4) is 0 Å². The van der Waals surface area contributed by atoms with Crippen LogP contribution >= 0.6 is 0 Å². The van der Waals surface area contributed by atoms with Crippen LogP contribution in [-0.4, -0.2) is 52.3 Å². The van der Waals surface area contributed by atoms with Crippen molar-refractivity contribution in [1.29, 1.82) is 0 Å². The van der Waals surface area contributed by atoms with Crippen LogP contribution < -0.4 is 4.90 Å². The molecule has 3 heterocycles. The second-order valence-corrected chi connectivity index (χ2v) is 7.31. The number of aromatic nitrogens is 3. The summed E-state index contributed by atoms with van der Waals surface area (Å²) in [5.41, 5.74) is 0.674. The quantitative estimate of drug-likeness (QED) is 0.798. The van der Waals surface area contributed by atoms with E-state index >= 15 is 0 Å². The zero-order valence-electron chi connectivity index (χ0n) is 16.2. The number of nitrogens with zero attached hydrogens (tertiary/aromatic N) is 5. The van der Waals surface area contributed by atoms with Gasteiger partial charge < -0.3 is 9.80 Å². The van der Waals surface area contributed by atoms with Crippen molar-refractivity contribution >= 4 is 11.7 Å². The molecule has 2 aromatic rings. The van der Waals surface area contributed by atoms with Crippen LogP contribution in [0.4, 0.5) is 19.0 Å². The van der Waals surface area contributed by atoms with Crippen molar-refractivity contribution in [2.24, 2.45) is 13.0 Å². The normalized spacial score (nSPS) is 15.7. The van der Waals surface area contributed by atoms with Crippen molar-refractivity contribution in [1.82, 2.24) is 19.7 Å². The zero-order valence-corrected chi connectivity index (χ0v) is 16.2. The molecule has 2 aromatic heterocycles. The fourth-order valence-electron chi connectivity index (χ4n) is 3.43. The number of likely N-dealkylation sites (tertiary alicyclic amines) is 1. The number of pyridine rings is 1. The molecule has 6 nitrogen and oxygen atoms in total. The van der Waals surface area contributed by atoms with Crippen LogP contribution in [0.2, 0.25) is 0 Å². The molecule has 3 rings (SSSR count). The molecule has 1 fully saturated rings. The van der Waals surface area contributed by atoms with Crippen molar-refractivity contribution in [2.45, 2.75) is 25.9 Å². The predicted molar refractivity (Wildman–Crippen MR) is 99.1 cm³/mol. The molecular formula is C19H24F3N5O. The maximum atomic E-state index is 12.9. The Hall–Kier alpha value is -2.58. The van der Waals surface area contributed by atoms with Gasteiger partial charge >= 0.3 is 6.18 Å². The first-order valence-corrected chi connectivity index (χ1v) is 9.19. The van der Waals surface area contributed by atoms with Gasteiger partial charge in [0.15, 0.2) is 5.69 Å². The van der Waals surface area contributed by atoms with E-state index in [-0.39, 0.29) is 11.8 Å². The summed E-state index contributed by atoms with van der Waals surface area (Å²) >= 11 is 0. The average molecular weight is 395 g/mol. The molecule has 152 valence electrons. The van der Waals surface area contributed by atoms with E-state index in [1.807, 2.05) is 6.92 Å². The van der Waals surface area contributed by atoms with Crippen LogP contribution in [-0.2, 0) is 13.2 Å². The summed E-state index contributed by atoms with van der Waals surface area (Å²) < 4.78 is 40.3. The third kappa shape index (κ3) is 4.45.